The minimum Gasteiger partial charge on any atom is -0.472 e. The maximum atomic E-state index is 5.50. The van der Waals surface area contributed by atoms with E-state index in [4.69, 9.17) is 10.3 Å². The summed E-state index contributed by atoms with van der Waals surface area (Å²) >= 11 is 0. The summed E-state index contributed by atoms with van der Waals surface area (Å²) in [6, 6.07) is 11.9. The van der Waals surface area contributed by atoms with Gasteiger partial charge in [0.15, 0.2) is 0 Å². The number of benzene rings is 1. The van der Waals surface area contributed by atoms with Crippen molar-refractivity contribution in [2.75, 3.05) is 0 Å². The molecule has 2 rings (SSSR count). The van der Waals surface area contributed by atoms with Crippen molar-refractivity contribution in [1.82, 2.24) is 5.43 Å². The lowest BCUT2D eigenvalue weighted by Crippen LogP contribution is -2.28. The Labute approximate surface area is 82.5 Å². The van der Waals surface area contributed by atoms with Gasteiger partial charge in [0.25, 0.3) is 0 Å². The van der Waals surface area contributed by atoms with Gasteiger partial charge in [-0.25, -0.2) is 5.43 Å². The maximum absolute atomic E-state index is 5.50. The number of furan rings is 1. The highest BCUT2D eigenvalue weighted by molar-refractivity contribution is 5.28. The van der Waals surface area contributed by atoms with Crippen molar-refractivity contribution in [3.05, 3.63) is 60.1 Å². The fourth-order valence-electron chi connectivity index (χ4n) is 1.47. The molecule has 0 fully saturated rings. The summed E-state index contributed by atoms with van der Waals surface area (Å²) in [4.78, 5) is 0. The van der Waals surface area contributed by atoms with E-state index in [1.807, 2.05) is 36.4 Å². The van der Waals surface area contributed by atoms with Gasteiger partial charge in [-0.3, -0.25) is 5.84 Å². The fraction of sp³-hybridized carbons (Fsp3) is 0.0909. The van der Waals surface area contributed by atoms with Gasteiger partial charge in [0.05, 0.1) is 18.6 Å². The lowest BCUT2D eigenvalue weighted by atomic mass is 10.0. The van der Waals surface area contributed by atoms with Gasteiger partial charge in [-0.05, 0) is 11.6 Å². The minimum absolute atomic E-state index is 0.00468. The van der Waals surface area contributed by atoms with Crippen LogP contribution in [0.3, 0.4) is 0 Å². The molecule has 1 aromatic heterocycles. The van der Waals surface area contributed by atoms with Crippen molar-refractivity contribution in [2.24, 2.45) is 5.84 Å². The van der Waals surface area contributed by atoms with Crippen LogP contribution in [0.2, 0.25) is 0 Å². The molecule has 14 heavy (non-hydrogen) atoms. The van der Waals surface area contributed by atoms with E-state index < -0.39 is 0 Å². The Bertz CT molecular complexity index is 369. The van der Waals surface area contributed by atoms with Crippen LogP contribution < -0.4 is 11.3 Å². The zero-order valence-electron chi connectivity index (χ0n) is 7.68. The first-order valence-corrected chi connectivity index (χ1v) is 4.45. The molecule has 0 aliphatic rings. The maximum Gasteiger partial charge on any atom is 0.0954 e. The second-order valence-electron chi connectivity index (χ2n) is 3.07. The molecule has 3 heteroatoms. The zero-order valence-corrected chi connectivity index (χ0v) is 7.68. The summed E-state index contributed by atoms with van der Waals surface area (Å²) in [5.74, 6) is 5.50. The minimum atomic E-state index is -0.00468. The van der Waals surface area contributed by atoms with Crippen LogP contribution in [0, 0.1) is 0 Å². The van der Waals surface area contributed by atoms with Crippen LogP contribution in [0.4, 0.5) is 0 Å². The van der Waals surface area contributed by atoms with Gasteiger partial charge in [-0.1, -0.05) is 30.3 Å². The van der Waals surface area contributed by atoms with Crippen molar-refractivity contribution in [3.63, 3.8) is 0 Å². The Hall–Kier alpha value is -1.58. The number of nitrogens with one attached hydrogen (secondary N) is 1. The van der Waals surface area contributed by atoms with E-state index in [0.29, 0.717) is 0 Å². The normalized spacial score (nSPS) is 12.6. The number of hydrazine groups is 1. The molecular weight excluding hydrogens is 176 g/mol. The van der Waals surface area contributed by atoms with E-state index in [0.717, 1.165) is 11.1 Å². The first-order valence-electron chi connectivity index (χ1n) is 4.45. The van der Waals surface area contributed by atoms with E-state index in [2.05, 4.69) is 5.43 Å². The second kappa shape index (κ2) is 4.09. The molecule has 0 bridgehead atoms. The van der Waals surface area contributed by atoms with Crippen molar-refractivity contribution in [3.8, 4) is 0 Å². The van der Waals surface area contributed by atoms with Crippen LogP contribution in [-0.4, -0.2) is 0 Å². The standard InChI is InChI=1S/C11H12N2O/c12-13-11(10-6-7-14-8-10)9-4-2-1-3-5-9/h1-8,11,13H,12H2. The van der Waals surface area contributed by atoms with Crippen LogP contribution in [0.25, 0.3) is 0 Å². The van der Waals surface area contributed by atoms with E-state index in [1.165, 1.54) is 0 Å². The Kier molecular flexibility index (Phi) is 2.62. The molecule has 72 valence electrons. The number of nitrogens with two attached hydrogens (primary N) is 1. The van der Waals surface area contributed by atoms with Crippen molar-refractivity contribution in [1.29, 1.82) is 0 Å². The van der Waals surface area contributed by atoms with Crippen molar-refractivity contribution < 1.29 is 4.42 Å². The fourth-order valence-corrected chi connectivity index (χ4v) is 1.47. The largest absolute Gasteiger partial charge is 0.472 e. The lowest BCUT2D eigenvalue weighted by Gasteiger charge is -2.13. The molecule has 2 aromatic rings. The van der Waals surface area contributed by atoms with Crippen LogP contribution in [0.5, 0.6) is 0 Å². The SMILES string of the molecule is NNC(c1ccccc1)c1ccoc1. The number of rotatable bonds is 3. The summed E-state index contributed by atoms with van der Waals surface area (Å²) in [6.07, 6.45) is 3.33. The van der Waals surface area contributed by atoms with Crippen molar-refractivity contribution in [2.45, 2.75) is 6.04 Å². The monoisotopic (exact) mass is 188 g/mol. The highest BCUT2D eigenvalue weighted by Gasteiger charge is 2.12. The summed E-state index contributed by atoms with van der Waals surface area (Å²) in [5.41, 5.74) is 4.91. The third-order valence-electron chi connectivity index (χ3n) is 2.18. The van der Waals surface area contributed by atoms with E-state index in [-0.39, 0.29) is 6.04 Å². The topological polar surface area (TPSA) is 51.2 Å². The second-order valence-corrected chi connectivity index (χ2v) is 3.07. The lowest BCUT2D eigenvalue weighted by molar-refractivity contribution is 0.553. The predicted molar refractivity (Wildman–Crippen MR) is 54.3 cm³/mol. The molecule has 0 aliphatic carbocycles. The smallest absolute Gasteiger partial charge is 0.0954 e. The van der Waals surface area contributed by atoms with Gasteiger partial charge in [0.2, 0.25) is 0 Å². The molecular formula is C11H12N2O. The highest BCUT2D eigenvalue weighted by Crippen LogP contribution is 2.20. The van der Waals surface area contributed by atoms with Crippen LogP contribution in [0.1, 0.15) is 17.2 Å². The van der Waals surface area contributed by atoms with Gasteiger partial charge in [0, 0.05) is 5.56 Å². The summed E-state index contributed by atoms with van der Waals surface area (Å²) in [7, 11) is 0. The van der Waals surface area contributed by atoms with Crippen LogP contribution >= 0.6 is 0 Å². The van der Waals surface area contributed by atoms with E-state index in [9.17, 15) is 0 Å². The third-order valence-corrected chi connectivity index (χ3v) is 2.18. The average Bonchev–Trinajstić information content (AvgIpc) is 2.74. The van der Waals surface area contributed by atoms with Crippen molar-refractivity contribution >= 4 is 0 Å². The molecule has 0 saturated carbocycles. The molecule has 1 heterocycles. The average molecular weight is 188 g/mol. The Morgan fingerprint density at radius 2 is 1.86 bits per heavy atom. The van der Waals surface area contributed by atoms with E-state index >= 15 is 0 Å². The number of hydrogen-bond acceptors (Lipinski definition) is 3. The summed E-state index contributed by atoms with van der Waals surface area (Å²) in [6.45, 7) is 0. The highest BCUT2D eigenvalue weighted by atomic mass is 16.3. The molecule has 1 aromatic carbocycles. The molecule has 0 amide bonds. The predicted octanol–water partition coefficient (Wildman–Crippen LogP) is 1.83. The van der Waals surface area contributed by atoms with Gasteiger partial charge >= 0.3 is 0 Å². The molecule has 0 aliphatic heterocycles. The zero-order chi connectivity index (χ0) is 9.80. The van der Waals surface area contributed by atoms with Crippen LogP contribution in [-0.2, 0) is 0 Å². The quantitative estimate of drug-likeness (QED) is 0.570. The van der Waals surface area contributed by atoms with Gasteiger partial charge in [-0.15, -0.1) is 0 Å². The molecule has 1 atom stereocenters. The third kappa shape index (κ3) is 1.69. The molecule has 3 nitrogen and oxygen atoms in total. The first-order chi connectivity index (χ1) is 6.92. The Morgan fingerprint density at radius 3 is 2.43 bits per heavy atom. The Balaban J connectivity index is 2.31. The number of hydrogen-bond donors (Lipinski definition) is 2. The summed E-state index contributed by atoms with van der Waals surface area (Å²) < 4.78 is 5.02. The molecule has 3 N–H and O–H groups in total. The molecule has 0 radical (unpaired) electrons. The first kappa shape index (κ1) is 8.99. The molecule has 0 saturated heterocycles. The molecule has 0 spiro atoms. The van der Waals surface area contributed by atoms with Gasteiger partial charge < -0.3 is 4.42 Å². The van der Waals surface area contributed by atoms with Gasteiger partial charge in [0.1, 0.15) is 0 Å². The Morgan fingerprint density at radius 1 is 1.07 bits per heavy atom. The van der Waals surface area contributed by atoms with Gasteiger partial charge in [-0.2, -0.15) is 0 Å². The van der Waals surface area contributed by atoms with E-state index in [1.54, 1.807) is 12.5 Å². The van der Waals surface area contributed by atoms with Crippen LogP contribution in [0.15, 0.2) is 53.3 Å². The molecule has 1 unspecified atom stereocenters. The summed E-state index contributed by atoms with van der Waals surface area (Å²) in [5, 5.41) is 0.